The normalized spacial score (nSPS) is 22.4. The molecule has 1 amide bonds. The summed E-state index contributed by atoms with van der Waals surface area (Å²) >= 11 is 0. The Morgan fingerprint density at radius 3 is 2.72 bits per heavy atom. The zero-order chi connectivity index (χ0) is 13.0. The second-order valence-corrected chi connectivity index (χ2v) is 4.24. The van der Waals surface area contributed by atoms with Gasteiger partial charge in [-0.3, -0.25) is 4.79 Å². The first-order valence-corrected chi connectivity index (χ1v) is 5.89. The number of hydrogen-bond donors (Lipinski definition) is 2. The molecule has 0 saturated carbocycles. The van der Waals surface area contributed by atoms with Gasteiger partial charge in [-0.15, -0.1) is 0 Å². The van der Waals surface area contributed by atoms with E-state index in [-0.39, 0.29) is 12.0 Å². The quantitative estimate of drug-likeness (QED) is 0.831. The van der Waals surface area contributed by atoms with Crippen LogP contribution < -0.4 is 11.1 Å². The Balaban J connectivity index is 1.93. The van der Waals surface area contributed by atoms with Crippen molar-refractivity contribution in [1.29, 1.82) is 5.26 Å². The molecule has 0 spiro atoms. The third kappa shape index (κ3) is 2.86. The van der Waals surface area contributed by atoms with E-state index in [2.05, 4.69) is 5.32 Å². The van der Waals surface area contributed by atoms with Crippen molar-refractivity contribution in [2.24, 2.45) is 5.73 Å². The van der Waals surface area contributed by atoms with Crippen LogP contribution in [-0.2, 0) is 9.53 Å². The van der Waals surface area contributed by atoms with E-state index in [1.54, 1.807) is 24.3 Å². The van der Waals surface area contributed by atoms with Gasteiger partial charge in [0.1, 0.15) is 6.10 Å². The van der Waals surface area contributed by atoms with Crippen molar-refractivity contribution < 1.29 is 9.53 Å². The number of anilines is 1. The van der Waals surface area contributed by atoms with Crippen LogP contribution in [0.4, 0.5) is 5.69 Å². The Hall–Kier alpha value is -1.90. The molecule has 5 nitrogen and oxygen atoms in total. The zero-order valence-corrected chi connectivity index (χ0v) is 9.93. The van der Waals surface area contributed by atoms with Crippen LogP contribution in [0.25, 0.3) is 0 Å². The Morgan fingerprint density at radius 2 is 2.17 bits per heavy atom. The average Bonchev–Trinajstić information content (AvgIpc) is 2.88. The standard InChI is InChI=1S/C13H15N3O2/c14-7-9-1-3-10(4-2-9)16-13(17)12-6-5-11(8-15)18-12/h1-4,11-12H,5-6,8,15H2,(H,16,17). The molecule has 94 valence electrons. The molecule has 5 heteroatoms. The van der Waals surface area contributed by atoms with E-state index < -0.39 is 6.10 Å². The molecule has 1 aromatic rings. The molecular formula is C13H15N3O2. The average molecular weight is 245 g/mol. The fraction of sp³-hybridized carbons (Fsp3) is 0.385. The number of rotatable bonds is 3. The minimum atomic E-state index is -0.422. The minimum absolute atomic E-state index is 0.0123. The van der Waals surface area contributed by atoms with Crippen LogP contribution in [0.15, 0.2) is 24.3 Å². The molecule has 1 aliphatic rings. The second kappa shape index (κ2) is 5.63. The van der Waals surface area contributed by atoms with Crippen LogP contribution in [0.3, 0.4) is 0 Å². The first-order valence-electron chi connectivity index (χ1n) is 5.89. The largest absolute Gasteiger partial charge is 0.364 e. The molecule has 3 N–H and O–H groups in total. The highest BCUT2D eigenvalue weighted by Gasteiger charge is 2.29. The molecule has 2 unspecified atom stereocenters. The Bertz CT molecular complexity index is 464. The molecule has 1 heterocycles. The fourth-order valence-electron chi connectivity index (χ4n) is 1.92. The second-order valence-electron chi connectivity index (χ2n) is 4.24. The van der Waals surface area contributed by atoms with Crippen molar-refractivity contribution in [3.05, 3.63) is 29.8 Å². The van der Waals surface area contributed by atoms with E-state index in [9.17, 15) is 4.79 Å². The Kier molecular flexibility index (Phi) is 3.92. The van der Waals surface area contributed by atoms with E-state index in [4.69, 9.17) is 15.7 Å². The zero-order valence-electron chi connectivity index (χ0n) is 9.93. The number of carbonyl (C=O) groups excluding carboxylic acids is 1. The predicted octanol–water partition coefficient (Wildman–Crippen LogP) is 1.00. The van der Waals surface area contributed by atoms with Crippen molar-refractivity contribution >= 4 is 11.6 Å². The van der Waals surface area contributed by atoms with E-state index in [0.717, 1.165) is 6.42 Å². The van der Waals surface area contributed by atoms with Crippen LogP contribution in [0.2, 0.25) is 0 Å². The fourth-order valence-corrected chi connectivity index (χ4v) is 1.92. The van der Waals surface area contributed by atoms with Crippen molar-refractivity contribution in [1.82, 2.24) is 0 Å². The monoisotopic (exact) mass is 245 g/mol. The van der Waals surface area contributed by atoms with Gasteiger partial charge < -0.3 is 15.8 Å². The minimum Gasteiger partial charge on any atom is -0.364 e. The molecule has 18 heavy (non-hydrogen) atoms. The van der Waals surface area contributed by atoms with Crippen LogP contribution >= 0.6 is 0 Å². The van der Waals surface area contributed by atoms with Crippen molar-refractivity contribution in [3.8, 4) is 6.07 Å². The maximum atomic E-state index is 11.9. The molecule has 2 atom stereocenters. The highest BCUT2D eigenvalue weighted by Crippen LogP contribution is 2.20. The number of nitrogens with one attached hydrogen (secondary N) is 1. The van der Waals surface area contributed by atoms with E-state index in [1.807, 2.05) is 6.07 Å². The maximum Gasteiger partial charge on any atom is 0.253 e. The lowest BCUT2D eigenvalue weighted by atomic mass is 10.2. The number of amides is 1. The van der Waals surface area contributed by atoms with E-state index in [1.165, 1.54) is 0 Å². The summed E-state index contributed by atoms with van der Waals surface area (Å²) < 4.78 is 5.50. The van der Waals surface area contributed by atoms with Gasteiger partial charge in [0.25, 0.3) is 5.91 Å². The van der Waals surface area contributed by atoms with Gasteiger partial charge in [0.2, 0.25) is 0 Å². The van der Waals surface area contributed by atoms with Crippen molar-refractivity contribution in [2.45, 2.75) is 25.0 Å². The molecule has 1 aromatic carbocycles. The van der Waals surface area contributed by atoms with Gasteiger partial charge in [0.15, 0.2) is 0 Å². The molecule has 1 fully saturated rings. The lowest BCUT2D eigenvalue weighted by Crippen LogP contribution is -2.29. The molecule has 0 aromatic heterocycles. The summed E-state index contributed by atoms with van der Waals surface area (Å²) in [6.45, 7) is 0.445. The lowest BCUT2D eigenvalue weighted by Gasteiger charge is -2.12. The molecule has 1 aliphatic heterocycles. The summed E-state index contributed by atoms with van der Waals surface area (Å²) in [5.74, 6) is -0.157. The van der Waals surface area contributed by atoms with Crippen LogP contribution in [0, 0.1) is 11.3 Å². The summed E-state index contributed by atoms with van der Waals surface area (Å²) in [7, 11) is 0. The van der Waals surface area contributed by atoms with Crippen molar-refractivity contribution in [2.75, 3.05) is 11.9 Å². The van der Waals surface area contributed by atoms with Gasteiger partial charge in [-0.2, -0.15) is 5.26 Å². The van der Waals surface area contributed by atoms with Gasteiger partial charge in [0, 0.05) is 12.2 Å². The SMILES string of the molecule is N#Cc1ccc(NC(=O)C2CCC(CN)O2)cc1. The lowest BCUT2D eigenvalue weighted by molar-refractivity contribution is -0.126. The molecule has 1 saturated heterocycles. The molecule has 0 radical (unpaired) electrons. The van der Waals surface area contributed by atoms with E-state index >= 15 is 0 Å². The first-order chi connectivity index (χ1) is 8.72. The molecular weight excluding hydrogens is 230 g/mol. The van der Waals surface area contributed by atoms with Crippen LogP contribution in [-0.4, -0.2) is 24.7 Å². The number of nitrogens with two attached hydrogens (primary N) is 1. The van der Waals surface area contributed by atoms with Gasteiger partial charge >= 0.3 is 0 Å². The molecule has 0 bridgehead atoms. The Labute approximate surface area is 106 Å². The summed E-state index contributed by atoms with van der Waals surface area (Å²) in [6.07, 6.45) is 1.09. The van der Waals surface area contributed by atoms with Gasteiger partial charge in [0.05, 0.1) is 17.7 Å². The topological polar surface area (TPSA) is 88.1 Å². The smallest absolute Gasteiger partial charge is 0.253 e. The maximum absolute atomic E-state index is 11.9. The number of carbonyl (C=O) groups is 1. The Morgan fingerprint density at radius 1 is 1.44 bits per heavy atom. The number of ether oxygens (including phenoxy) is 1. The third-order valence-electron chi connectivity index (χ3n) is 2.94. The summed E-state index contributed by atoms with van der Waals surface area (Å²) in [5, 5.41) is 11.4. The number of hydrogen-bond acceptors (Lipinski definition) is 4. The van der Waals surface area contributed by atoms with Crippen molar-refractivity contribution in [3.63, 3.8) is 0 Å². The number of nitriles is 1. The highest BCUT2D eigenvalue weighted by atomic mass is 16.5. The van der Waals surface area contributed by atoms with Crippen LogP contribution in [0.5, 0.6) is 0 Å². The third-order valence-corrected chi connectivity index (χ3v) is 2.94. The summed E-state index contributed by atoms with van der Waals surface area (Å²) in [5.41, 5.74) is 6.72. The summed E-state index contributed by atoms with van der Waals surface area (Å²) in [6, 6.07) is 8.75. The molecule has 0 aliphatic carbocycles. The van der Waals surface area contributed by atoms with Gasteiger partial charge in [-0.1, -0.05) is 0 Å². The van der Waals surface area contributed by atoms with E-state index in [0.29, 0.717) is 24.2 Å². The van der Waals surface area contributed by atoms with Crippen LogP contribution in [0.1, 0.15) is 18.4 Å². The summed E-state index contributed by atoms with van der Waals surface area (Å²) in [4.78, 5) is 11.9. The number of benzene rings is 1. The van der Waals surface area contributed by atoms with Gasteiger partial charge in [-0.25, -0.2) is 0 Å². The predicted molar refractivity (Wildman–Crippen MR) is 66.7 cm³/mol. The first kappa shape index (κ1) is 12.6. The highest BCUT2D eigenvalue weighted by molar-refractivity contribution is 5.94. The number of nitrogens with zero attached hydrogens (tertiary/aromatic N) is 1. The molecule has 2 rings (SSSR count). The van der Waals surface area contributed by atoms with Gasteiger partial charge in [-0.05, 0) is 37.1 Å².